The molecule has 0 unspecified atom stereocenters. The maximum atomic E-state index is 13.2. The average Bonchev–Trinajstić information content (AvgIpc) is 2.52. The van der Waals surface area contributed by atoms with E-state index in [0.29, 0.717) is 0 Å². The molecular formula is C19H14F2. The summed E-state index contributed by atoms with van der Waals surface area (Å²) in [4.78, 5) is 0. The van der Waals surface area contributed by atoms with E-state index < -0.39 is 0 Å². The summed E-state index contributed by atoms with van der Waals surface area (Å²) >= 11 is 0. The lowest BCUT2D eigenvalue weighted by molar-refractivity contribution is 0.626. The monoisotopic (exact) mass is 280 g/mol. The third kappa shape index (κ3) is 3.00. The van der Waals surface area contributed by atoms with E-state index in [1.807, 2.05) is 30.3 Å². The first-order valence-corrected chi connectivity index (χ1v) is 6.80. The van der Waals surface area contributed by atoms with E-state index in [4.69, 9.17) is 0 Å². The zero-order valence-corrected chi connectivity index (χ0v) is 11.3. The van der Waals surface area contributed by atoms with Gasteiger partial charge in [0, 0.05) is 5.92 Å². The van der Waals surface area contributed by atoms with E-state index in [1.54, 1.807) is 24.3 Å². The highest BCUT2D eigenvalue weighted by Crippen LogP contribution is 2.31. The normalized spacial score (nSPS) is 10.8. The largest absolute Gasteiger partial charge is 0.207 e. The summed E-state index contributed by atoms with van der Waals surface area (Å²) in [5.41, 5.74) is 3.05. The van der Waals surface area contributed by atoms with E-state index in [9.17, 15) is 8.78 Å². The summed E-state index contributed by atoms with van der Waals surface area (Å²) in [6, 6.07) is 22.8. The summed E-state index contributed by atoms with van der Waals surface area (Å²) in [5, 5.41) is 0. The Labute approximate surface area is 122 Å². The molecule has 0 N–H and O–H groups in total. The molecule has 0 spiro atoms. The highest BCUT2D eigenvalue weighted by Gasteiger charge is 2.16. The van der Waals surface area contributed by atoms with E-state index >= 15 is 0 Å². The van der Waals surface area contributed by atoms with E-state index in [1.165, 1.54) is 24.3 Å². The second-order valence-corrected chi connectivity index (χ2v) is 4.95. The van der Waals surface area contributed by atoms with Crippen molar-refractivity contribution in [2.24, 2.45) is 0 Å². The number of rotatable bonds is 3. The van der Waals surface area contributed by atoms with Crippen molar-refractivity contribution in [2.75, 3.05) is 0 Å². The van der Waals surface area contributed by atoms with Gasteiger partial charge in [-0.1, -0.05) is 54.6 Å². The van der Waals surface area contributed by atoms with Crippen LogP contribution in [0.3, 0.4) is 0 Å². The Balaban J connectivity index is 2.11. The molecule has 0 fully saturated rings. The van der Waals surface area contributed by atoms with Crippen LogP contribution in [0.25, 0.3) is 0 Å². The van der Waals surface area contributed by atoms with Crippen molar-refractivity contribution in [1.82, 2.24) is 0 Å². The molecule has 0 saturated carbocycles. The Kier molecular flexibility index (Phi) is 3.78. The zero-order chi connectivity index (χ0) is 14.7. The van der Waals surface area contributed by atoms with Crippen molar-refractivity contribution in [3.05, 3.63) is 107 Å². The third-order valence-corrected chi connectivity index (χ3v) is 3.54. The van der Waals surface area contributed by atoms with E-state index in [-0.39, 0.29) is 17.6 Å². The number of halogens is 2. The van der Waals surface area contributed by atoms with Crippen LogP contribution in [-0.2, 0) is 0 Å². The number of hydrogen-bond acceptors (Lipinski definition) is 0. The molecule has 0 aliphatic carbocycles. The molecule has 3 aromatic carbocycles. The van der Waals surface area contributed by atoms with Gasteiger partial charge in [-0.25, -0.2) is 8.78 Å². The molecule has 0 atom stereocenters. The van der Waals surface area contributed by atoms with Crippen molar-refractivity contribution in [3.8, 4) is 0 Å². The summed E-state index contributed by atoms with van der Waals surface area (Å²) in [6.07, 6.45) is 0. The van der Waals surface area contributed by atoms with Gasteiger partial charge in [0.05, 0.1) is 0 Å². The summed E-state index contributed by atoms with van der Waals surface area (Å²) in [7, 11) is 0. The lowest BCUT2D eigenvalue weighted by atomic mass is 9.85. The summed E-state index contributed by atoms with van der Waals surface area (Å²) < 4.78 is 26.3. The first-order chi connectivity index (χ1) is 10.2. The van der Waals surface area contributed by atoms with Gasteiger partial charge in [0.1, 0.15) is 11.6 Å². The quantitative estimate of drug-likeness (QED) is 0.582. The molecule has 3 rings (SSSR count). The van der Waals surface area contributed by atoms with Crippen LogP contribution in [0.4, 0.5) is 8.78 Å². The third-order valence-electron chi connectivity index (χ3n) is 3.54. The standard InChI is InChI=1S/C19H14F2/c20-17-10-6-15(7-11-17)19(14-4-2-1-3-5-14)16-8-12-18(21)13-9-16/h1-13,19H. The van der Waals surface area contributed by atoms with Gasteiger partial charge in [-0.15, -0.1) is 0 Å². The van der Waals surface area contributed by atoms with Gasteiger partial charge in [-0.05, 0) is 41.0 Å². The molecule has 104 valence electrons. The fourth-order valence-electron chi connectivity index (χ4n) is 2.53. The van der Waals surface area contributed by atoms with Gasteiger partial charge in [-0.3, -0.25) is 0 Å². The lowest BCUT2D eigenvalue weighted by Gasteiger charge is -2.18. The topological polar surface area (TPSA) is 0 Å². The van der Waals surface area contributed by atoms with Gasteiger partial charge in [0.25, 0.3) is 0 Å². The van der Waals surface area contributed by atoms with Crippen LogP contribution in [0.5, 0.6) is 0 Å². The van der Waals surface area contributed by atoms with Crippen molar-refractivity contribution < 1.29 is 8.78 Å². The molecule has 0 aliphatic heterocycles. The second kappa shape index (κ2) is 5.88. The maximum absolute atomic E-state index is 13.2. The molecule has 0 radical (unpaired) electrons. The smallest absolute Gasteiger partial charge is 0.123 e. The molecule has 21 heavy (non-hydrogen) atoms. The molecular weight excluding hydrogens is 266 g/mol. The lowest BCUT2D eigenvalue weighted by Crippen LogP contribution is -2.03. The molecule has 0 bridgehead atoms. The van der Waals surface area contributed by atoms with Gasteiger partial charge >= 0.3 is 0 Å². The molecule has 2 heteroatoms. The minimum Gasteiger partial charge on any atom is -0.207 e. The molecule has 0 aromatic heterocycles. The van der Waals surface area contributed by atoms with Crippen LogP contribution in [-0.4, -0.2) is 0 Å². The molecule has 0 heterocycles. The highest BCUT2D eigenvalue weighted by molar-refractivity contribution is 5.42. The molecule has 3 aromatic rings. The summed E-state index contributed by atoms with van der Waals surface area (Å²) in [5.74, 6) is -0.554. The van der Waals surface area contributed by atoms with Crippen LogP contribution in [0, 0.1) is 11.6 Å². The van der Waals surface area contributed by atoms with Crippen LogP contribution < -0.4 is 0 Å². The van der Waals surface area contributed by atoms with Crippen molar-refractivity contribution >= 4 is 0 Å². The minimum absolute atomic E-state index is 0.0348. The van der Waals surface area contributed by atoms with Crippen molar-refractivity contribution in [3.63, 3.8) is 0 Å². The van der Waals surface area contributed by atoms with Gasteiger partial charge in [0.15, 0.2) is 0 Å². The van der Waals surface area contributed by atoms with Gasteiger partial charge < -0.3 is 0 Å². The Morgan fingerprint density at radius 3 is 1.29 bits per heavy atom. The Morgan fingerprint density at radius 2 is 0.857 bits per heavy atom. The fourth-order valence-corrected chi connectivity index (χ4v) is 2.53. The SMILES string of the molecule is Fc1ccc(C(c2ccccc2)c2ccc(F)cc2)cc1. The Bertz CT molecular complexity index is 655. The van der Waals surface area contributed by atoms with Crippen LogP contribution in [0.1, 0.15) is 22.6 Å². The zero-order valence-electron chi connectivity index (χ0n) is 11.3. The summed E-state index contributed by atoms with van der Waals surface area (Å²) in [6.45, 7) is 0. The highest BCUT2D eigenvalue weighted by atomic mass is 19.1. The minimum atomic E-state index is -0.260. The second-order valence-electron chi connectivity index (χ2n) is 4.95. The van der Waals surface area contributed by atoms with E-state index in [2.05, 4.69) is 0 Å². The Hall–Kier alpha value is -2.48. The predicted molar refractivity (Wildman–Crippen MR) is 80.2 cm³/mol. The number of hydrogen-bond donors (Lipinski definition) is 0. The average molecular weight is 280 g/mol. The first-order valence-electron chi connectivity index (χ1n) is 6.80. The van der Waals surface area contributed by atoms with Crippen LogP contribution >= 0.6 is 0 Å². The molecule has 0 saturated heterocycles. The van der Waals surface area contributed by atoms with Crippen molar-refractivity contribution in [2.45, 2.75) is 5.92 Å². The fraction of sp³-hybridized carbons (Fsp3) is 0.0526. The Morgan fingerprint density at radius 1 is 0.476 bits per heavy atom. The van der Waals surface area contributed by atoms with Gasteiger partial charge in [0.2, 0.25) is 0 Å². The molecule has 0 aliphatic rings. The van der Waals surface area contributed by atoms with E-state index in [0.717, 1.165) is 16.7 Å². The van der Waals surface area contributed by atoms with Crippen LogP contribution in [0.15, 0.2) is 78.9 Å². The first kappa shape index (κ1) is 13.5. The predicted octanol–water partition coefficient (Wildman–Crippen LogP) is 5.15. The van der Waals surface area contributed by atoms with Crippen LogP contribution in [0.2, 0.25) is 0 Å². The van der Waals surface area contributed by atoms with Crippen molar-refractivity contribution in [1.29, 1.82) is 0 Å². The molecule has 0 nitrogen and oxygen atoms in total. The molecule has 0 amide bonds. The van der Waals surface area contributed by atoms with Gasteiger partial charge in [-0.2, -0.15) is 0 Å². The number of benzene rings is 3. The maximum Gasteiger partial charge on any atom is 0.123 e.